The molecule has 1 saturated heterocycles. The zero-order valence-corrected chi connectivity index (χ0v) is 10.9. The first-order valence-corrected chi connectivity index (χ1v) is 6.86. The van der Waals surface area contributed by atoms with Crippen molar-refractivity contribution in [2.45, 2.75) is 32.1 Å². The van der Waals surface area contributed by atoms with E-state index in [9.17, 15) is 14.4 Å². The Morgan fingerprint density at radius 3 is 2.32 bits per heavy atom. The van der Waals surface area contributed by atoms with Gasteiger partial charge in [0.25, 0.3) is 0 Å². The van der Waals surface area contributed by atoms with Crippen LogP contribution in [0.2, 0.25) is 0 Å². The smallest absolute Gasteiger partial charge is 0.306 e. The first-order valence-electron chi connectivity index (χ1n) is 6.86. The molecule has 1 heterocycles. The second kappa shape index (κ2) is 6.04. The van der Waals surface area contributed by atoms with Gasteiger partial charge in [-0.3, -0.25) is 14.4 Å². The molecule has 0 spiro atoms. The highest BCUT2D eigenvalue weighted by Crippen LogP contribution is 2.31. The summed E-state index contributed by atoms with van der Waals surface area (Å²) in [6.45, 7) is 1.59. The van der Waals surface area contributed by atoms with E-state index in [1.165, 1.54) is 0 Å². The lowest BCUT2D eigenvalue weighted by atomic mass is 10.0. The number of hydrogen-bond acceptors (Lipinski definition) is 3. The van der Waals surface area contributed by atoms with Gasteiger partial charge in [0.2, 0.25) is 11.8 Å². The van der Waals surface area contributed by atoms with E-state index in [2.05, 4.69) is 5.32 Å². The Kier molecular flexibility index (Phi) is 4.39. The highest BCUT2D eigenvalue weighted by Gasteiger charge is 2.34. The number of carbonyl (C=O) groups excluding carboxylic acids is 2. The van der Waals surface area contributed by atoms with Gasteiger partial charge in [-0.15, -0.1) is 0 Å². The molecule has 0 bridgehead atoms. The maximum atomic E-state index is 11.9. The molecule has 0 unspecified atom stereocenters. The average Bonchev–Trinajstić information content (AvgIpc) is 3.05. The standard InChI is InChI=1S/C13H20N2O4/c16-11(15-5-1-2-6-15)8-14-12(17)9-3-4-10(7-9)13(18)19/h9-10H,1-8H2,(H,14,17)(H,18,19)/t9-,10+/m1/s1. The van der Waals surface area contributed by atoms with Gasteiger partial charge in [-0.2, -0.15) is 0 Å². The van der Waals surface area contributed by atoms with Crippen LogP contribution in [-0.2, 0) is 14.4 Å². The van der Waals surface area contributed by atoms with Crippen molar-refractivity contribution in [3.8, 4) is 0 Å². The maximum absolute atomic E-state index is 11.9. The van der Waals surface area contributed by atoms with E-state index in [1.54, 1.807) is 4.90 Å². The molecule has 0 aromatic rings. The number of carboxylic acid groups (broad SMARTS) is 1. The van der Waals surface area contributed by atoms with Crippen molar-refractivity contribution >= 4 is 17.8 Å². The van der Waals surface area contributed by atoms with Gasteiger partial charge in [-0.1, -0.05) is 0 Å². The van der Waals surface area contributed by atoms with Gasteiger partial charge in [0, 0.05) is 19.0 Å². The van der Waals surface area contributed by atoms with E-state index in [1.807, 2.05) is 0 Å². The van der Waals surface area contributed by atoms with Gasteiger partial charge < -0.3 is 15.3 Å². The molecular formula is C13H20N2O4. The molecule has 2 rings (SSSR count). The number of carbonyl (C=O) groups is 3. The van der Waals surface area contributed by atoms with Crippen LogP contribution in [0.1, 0.15) is 32.1 Å². The van der Waals surface area contributed by atoms with E-state index in [-0.39, 0.29) is 24.3 Å². The summed E-state index contributed by atoms with van der Waals surface area (Å²) in [7, 11) is 0. The highest BCUT2D eigenvalue weighted by atomic mass is 16.4. The lowest BCUT2D eigenvalue weighted by molar-refractivity contribution is -0.141. The number of nitrogens with zero attached hydrogens (tertiary/aromatic N) is 1. The molecule has 2 aliphatic rings. The van der Waals surface area contributed by atoms with Crippen molar-refractivity contribution in [3.05, 3.63) is 0 Å². The zero-order chi connectivity index (χ0) is 13.8. The number of aliphatic carboxylic acids is 1. The van der Waals surface area contributed by atoms with Crippen molar-refractivity contribution in [1.82, 2.24) is 10.2 Å². The van der Waals surface area contributed by atoms with Crippen LogP contribution in [0.3, 0.4) is 0 Å². The first-order chi connectivity index (χ1) is 9.08. The minimum Gasteiger partial charge on any atom is -0.481 e. The first kappa shape index (κ1) is 13.8. The van der Waals surface area contributed by atoms with Crippen LogP contribution in [-0.4, -0.2) is 47.4 Å². The number of nitrogens with one attached hydrogen (secondary N) is 1. The predicted molar refractivity (Wildman–Crippen MR) is 67.3 cm³/mol. The molecule has 2 amide bonds. The van der Waals surface area contributed by atoms with Gasteiger partial charge in [0.1, 0.15) is 0 Å². The normalized spacial score (nSPS) is 26.4. The number of hydrogen-bond donors (Lipinski definition) is 2. The fourth-order valence-electron chi connectivity index (χ4n) is 2.83. The highest BCUT2D eigenvalue weighted by molar-refractivity contribution is 5.86. The van der Waals surface area contributed by atoms with Gasteiger partial charge in [-0.25, -0.2) is 0 Å². The summed E-state index contributed by atoms with van der Waals surface area (Å²) < 4.78 is 0. The molecule has 2 fully saturated rings. The third-order valence-corrected chi connectivity index (χ3v) is 4.03. The Bertz CT molecular complexity index is 377. The van der Waals surface area contributed by atoms with Crippen molar-refractivity contribution in [2.24, 2.45) is 11.8 Å². The van der Waals surface area contributed by atoms with Gasteiger partial charge in [0.15, 0.2) is 0 Å². The largest absolute Gasteiger partial charge is 0.481 e. The molecule has 0 aromatic carbocycles. The summed E-state index contributed by atoms with van der Waals surface area (Å²) in [5.41, 5.74) is 0. The van der Waals surface area contributed by atoms with Crippen LogP contribution in [0.4, 0.5) is 0 Å². The zero-order valence-electron chi connectivity index (χ0n) is 10.9. The van der Waals surface area contributed by atoms with E-state index >= 15 is 0 Å². The molecule has 6 heteroatoms. The molecule has 1 aliphatic carbocycles. The van der Waals surface area contributed by atoms with E-state index < -0.39 is 11.9 Å². The van der Waals surface area contributed by atoms with Crippen molar-refractivity contribution in [1.29, 1.82) is 0 Å². The van der Waals surface area contributed by atoms with Gasteiger partial charge in [0.05, 0.1) is 12.5 Å². The second-order valence-electron chi connectivity index (χ2n) is 5.35. The Hall–Kier alpha value is -1.59. The lowest BCUT2D eigenvalue weighted by Crippen LogP contribution is -2.40. The summed E-state index contributed by atoms with van der Waals surface area (Å²) >= 11 is 0. The fraction of sp³-hybridized carbons (Fsp3) is 0.769. The number of amides is 2. The Balaban J connectivity index is 1.72. The molecule has 106 valence electrons. The second-order valence-corrected chi connectivity index (χ2v) is 5.35. The fourth-order valence-corrected chi connectivity index (χ4v) is 2.83. The minimum atomic E-state index is -0.830. The van der Waals surface area contributed by atoms with E-state index in [0.717, 1.165) is 25.9 Å². The van der Waals surface area contributed by atoms with Crippen LogP contribution < -0.4 is 5.32 Å². The molecule has 6 nitrogen and oxygen atoms in total. The minimum absolute atomic E-state index is 0.0348. The summed E-state index contributed by atoms with van der Waals surface area (Å²) in [5.74, 6) is -1.73. The molecular weight excluding hydrogens is 248 g/mol. The van der Waals surface area contributed by atoms with Crippen LogP contribution in [0.5, 0.6) is 0 Å². The molecule has 0 radical (unpaired) electrons. The molecule has 1 aliphatic heterocycles. The SMILES string of the molecule is O=C(O)[C@H]1CC[C@@H](C(=O)NCC(=O)N2CCCC2)C1. The molecule has 2 N–H and O–H groups in total. The molecule has 1 saturated carbocycles. The molecule has 2 atom stereocenters. The average molecular weight is 268 g/mol. The van der Waals surface area contributed by atoms with E-state index in [0.29, 0.717) is 19.3 Å². The Morgan fingerprint density at radius 1 is 1.11 bits per heavy atom. The predicted octanol–water partition coefficient (Wildman–Crippen LogP) is 0.226. The Labute approximate surface area is 112 Å². The molecule has 19 heavy (non-hydrogen) atoms. The third kappa shape index (κ3) is 3.45. The summed E-state index contributed by atoms with van der Waals surface area (Å²) in [4.78, 5) is 36.2. The van der Waals surface area contributed by atoms with E-state index in [4.69, 9.17) is 5.11 Å². The van der Waals surface area contributed by atoms with Crippen LogP contribution in [0.25, 0.3) is 0 Å². The van der Waals surface area contributed by atoms with Crippen LogP contribution >= 0.6 is 0 Å². The quantitative estimate of drug-likeness (QED) is 0.764. The van der Waals surface area contributed by atoms with Crippen molar-refractivity contribution in [3.63, 3.8) is 0 Å². The van der Waals surface area contributed by atoms with Crippen molar-refractivity contribution in [2.75, 3.05) is 19.6 Å². The van der Waals surface area contributed by atoms with Gasteiger partial charge in [-0.05, 0) is 32.1 Å². The van der Waals surface area contributed by atoms with Crippen LogP contribution in [0.15, 0.2) is 0 Å². The number of carboxylic acids is 1. The third-order valence-electron chi connectivity index (χ3n) is 4.03. The summed E-state index contributed by atoms with van der Waals surface area (Å²) in [6.07, 6.45) is 3.60. The Morgan fingerprint density at radius 2 is 1.74 bits per heavy atom. The van der Waals surface area contributed by atoms with Crippen LogP contribution in [0, 0.1) is 11.8 Å². The number of likely N-dealkylation sites (tertiary alicyclic amines) is 1. The number of rotatable bonds is 4. The maximum Gasteiger partial charge on any atom is 0.306 e. The summed E-state index contributed by atoms with van der Waals surface area (Å²) in [5, 5.41) is 11.5. The topological polar surface area (TPSA) is 86.7 Å². The van der Waals surface area contributed by atoms with Gasteiger partial charge >= 0.3 is 5.97 Å². The monoisotopic (exact) mass is 268 g/mol. The lowest BCUT2D eigenvalue weighted by Gasteiger charge is -2.16. The summed E-state index contributed by atoms with van der Waals surface area (Å²) in [6, 6.07) is 0. The molecule has 0 aromatic heterocycles. The van der Waals surface area contributed by atoms with Crippen molar-refractivity contribution < 1.29 is 19.5 Å².